The van der Waals surface area contributed by atoms with Crippen molar-refractivity contribution >= 4 is 11.6 Å². The molecule has 0 amide bonds. The fourth-order valence-electron chi connectivity index (χ4n) is 0.630. The summed E-state index contributed by atoms with van der Waals surface area (Å²) in [6.07, 6.45) is 0. The average Bonchev–Trinajstić information content (AvgIpc) is 1.98. The number of nitrogens with zero attached hydrogens (tertiary/aromatic N) is 1. The zero-order chi connectivity index (χ0) is 7.02. The summed E-state index contributed by atoms with van der Waals surface area (Å²) < 4.78 is 1.49. The van der Waals surface area contributed by atoms with Crippen LogP contribution in [0.3, 0.4) is 0 Å². The van der Waals surface area contributed by atoms with Crippen molar-refractivity contribution in [2.45, 2.75) is 6.92 Å². The van der Waals surface area contributed by atoms with Gasteiger partial charge in [-0.15, -0.1) is 0 Å². The largest absolute Gasteiger partial charge is 0.277 e. The van der Waals surface area contributed by atoms with Gasteiger partial charge >= 0.3 is 0 Å². The van der Waals surface area contributed by atoms with Crippen LogP contribution in [0.25, 0.3) is 0 Å². The lowest BCUT2D eigenvalue weighted by molar-refractivity contribution is 0.757. The Bertz CT molecular complexity index is 273. The third-order valence-electron chi connectivity index (χ3n) is 1.21. The molecule has 0 bridgehead atoms. The molecule has 0 atom stereocenters. The number of hydrogen-bond donors (Lipinski definition) is 1. The van der Waals surface area contributed by atoms with Crippen molar-refractivity contribution in [2.75, 3.05) is 0 Å². The quantitative estimate of drug-likeness (QED) is 0.574. The minimum absolute atomic E-state index is 0.123. The Kier molecular flexibility index (Phi) is 1.37. The van der Waals surface area contributed by atoms with Crippen LogP contribution in [-0.4, -0.2) is 9.78 Å². The highest BCUT2D eigenvalue weighted by Crippen LogP contribution is 2.06. The molecule has 9 heavy (non-hydrogen) atoms. The van der Waals surface area contributed by atoms with Crippen LogP contribution in [0.1, 0.15) is 5.56 Å². The fourth-order valence-corrected chi connectivity index (χ4v) is 0.759. The number of aromatic amines is 1. The molecule has 3 nitrogen and oxygen atoms in total. The molecule has 0 fully saturated rings. The molecular weight excluding hydrogens is 140 g/mol. The van der Waals surface area contributed by atoms with Gasteiger partial charge in [-0.3, -0.25) is 14.6 Å². The summed E-state index contributed by atoms with van der Waals surface area (Å²) in [5.74, 6) is 0. The number of aromatic nitrogens is 2. The Hall–Kier alpha value is -0.700. The normalized spacial score (nSPS) is 10.1. The first-order valence-electron chi connectivity index (χ1n) is 2.54. The van der Waals surface area contributed by atoms with Crippen molar-refractivity contribution < 1.29 is 0 Å². The molecule has 1 aromatic rings. The molecule has 0 aliphatic carbocycles. The van der Waals surface area contributed by atoms with Gasteiger partial charge in [0.25, 0.3) is 5.56 Å². The number of rotatable bonds is 0. The van der Waals surface area contributed by atoms with E-state index in [2.05, 4.69) is 5.10 Å². The minimum Gasteiger partial charge on any atom is -0.277 e. The van der Waals surface area contributed by atoms with Crippen molar-refractivity contribution in [1.29, 1.82) is 0 Å². The fraction of sp³-hybridized carbons (Fsp3) is 0.400. The molecule has 1 aromatic heterocycles. The van der Waals surface area contributed by atoms with Crippen LogP contribution < -0.4 is 5.56 Å². The highest BCUT2D eigenvalue weighted by molar-refractivity contribution is 6.30. The van der Waals surface area contributed by atoms with Gasteiger partial charge < -0.3 is 0 Å². The van der Waals surface area contributed by atoms with Crippen LogP contribution in [0.5, 0.6) is 0 Å². The predicted molar refractivity (Wildman–Crippen MR) is 35.8 cm³/mol. The lowest BCUT2D eigenvalue weighted by atomic mass is 10.4. The van der Waals surface area contributed by atoms with E-state index >= 15 is 0 Å². The summed E-state index contributed by atoms with van der Waals surface area (Å²) in [4.78, 5) is 10.7. The van der Waals surface area contributed by atoms with Crippen molar-refractivity contribution in [3.8, 4) is 0 Å². The van der Waals surface area contributed by atoms with Gasteiger partial charge in [0.2, 0.25) is 0 Å². The van der Waals surface area contributed by atoms with Crippen molar-refractivity contribution in [3.05, 3.63) is 21.1 Å². The van der Waals surface area contributed by atoms with Crippen LogP contribution >= 0.6 is 11.6 Å². The molecule has 4 heteroatoms. The van der Waals surface area contributed by atoms with Gasteiger partial charge in [-0.1, -0.05) is 11.6 Å². The maximum absolute atomic E-state index is 10.7. The van der Waals surface area contributed by atoms with Crippen LogP contribution in [-0.2, 0) is 7.05 Å². The van der Waals surface area contributed by atoms with Gasteiger partial charge in [0, 0.05) is 7.05 Å². The smallest absolute Gasteiger partial charge is 0.268 e. The van der Waals surface area contributed by atoms with E-state index in [0.29, 0.717) is 10.7 Å². The van der Waals surface area contributed by atoms with Gasteiger partial charge in [-0.05, 0) is 6.92 Å². The van der Waals surface area contributed by atoms with E-state index in [-0.39, 0.29) is 5.56 Å². The average molecular weight is 147 g/mol. The first-order chi connectivity index (χ1) is 4.13. The lowest BCUT2D eigenvalue weighted by Crippen LogP contribution is -2.03. The molecule has 0 unspecified atom stereocenters. The van der Waals surface area contributed by atoms with Crippen LogP contribution in [0, 0.1) is 6.92 Å². The van der Waals surface area contributed by atoms with E-state index in [1.807, 2.05) is 0 Å². The third-order valence-corrected chi connectivity index (χ3v) is 1.75. The molecule has 1 heterocycles. The number of nitrogens with one attached hydrogen (secondary N) is 1. The van der Waals surface area contributed by atoms with Gasteiger partial charge in [0.15, 0.2) is 0 Å². The lowest BCUT2D eigenvalue weighted by Gasteiger charge is -1.88. The molecule has 0 saturated carbocycles. The van der Waals surface area contributed by atoms with Crippen molar-refractivity contribution in [1.82, 2.24) is 9.78 Å². The number of H-pyrrole nitrogens is 1. The van der Waals surface area contributed by atoms with Gasteiger partial charge in [0.05, 0.1) is 5.56 Å². The number of halogens is 1. The zero-order valence-corrected chi connectivity index (χ0v) is 5.99. The van der Waals surface area contributed by atoms with Crippen molar-refractivity contribution in [2.24, 2.45) is 7.05 Å². The predicted octanol–water partition coefficient (Wildman–Crippen LogP) is 0.675. The number of hydrogen-bond acceptors (Lipinski definition) is 1. The Morgan fingerprint density at radius 3 is 2.33 bits per heavy atom. The highest BCUT2D eigenvalue weighted by Gasteiger charge is 2.02. The second-order valence-electron chi connectivity index (χ2n) is 1.92. The summed E-state index contributed by atoms with van der Waals surface area (Å²) in [7, 11) is 1.69. The molecule has 1 N–H and O–H groups in total. The van der Waals surface area contributed by atoms with Gasteiger partial charge in [0.1, 0.15) is 5.15 Å². The molecule has 0 spiro atoms. The molecular formula is C5H7ClN2O. The molecule has 1 rings (SSSR count). The molecule has 0 aliphatic rings. The van der Waals surface area contributed by atoms with E-state index in [1.54, 1.807) is 14.0 Å². The Morgan fingerprint density at radius 2 is 2.22 bits per heavy atom. The summed E-state index contributed by atoms with van der Waals surface area (Å²) in [5.41, 5.74) is 0.446. The molecule has 0 aromatic carbocycles. The standard InChI is InChI=1S/C5H7ClN2O/c1-3-4(6)8(2)7-5(3)9/h1-2H3,(H,7,9). The van der Waals surface area contributed by atoms with E-state index in [4.69, 9.17) is 11.6 Å². The topological polar surface area (TPSA) is 37.8 Å². The van der Waals surface area contributed by atoms with E-state index < -0.39 is 0 Å². The SMILES string of the molecule is Cc1c(Cl)n(C)[nH]c1=O. The zero-order valence-electron chi connectivity index (χ0n) is 5.23. The monoisotopic (exact) mass is 146 g/mol. The van der Waals surface area contributed by atoms with Gasteiger partial charge in [-0.2, -0.15) is 0 Å². The van der Waals surface area contributed by atoms with Crippen molar-refractivity contribution in [3.63, 3.8) is 0 Å². The molecule has 0 saturated heterocycles. The Morgan fingerprint density at radius 1 is 1.67 bits per heavy atom. The third kappa shape index (κ3) is 0.876. The minimum atomic E-state index is -0.123. The maximum atomic E-state index is 10.7. The summed E-state index contributed by atoms with van der Waals surface area (Å²) in [6.45, 7) is 1.68. The molecule has 0 radical (unpaired) electrons. The summed E-state index contributed by atoms with van der Waals surface area (Å²) in [6, 6.07) is 0. The van der Waals surface area contributed by atoms with Crippen LogP contribution in [0.15, 0.2) is 4.79 Å². The van der Waals surface area contributed by atoms with E-state index in [9.17, 15) is 4.79 Å². The number of aryl methyl sites for hydroxylation is 1. The summed E-state index contributed by atoms with van der Waals surface area (Å²) in [5, 5.41) is 2.98. The van der Waals surface area contributed by atoms with E-state index in [0.717, 1.165) is 0 Å². The second kappa shape index (κ2) is 1.92. The van der Waals surface area contributed by atoms with E-state index in [1.165, 1.54) is 4.68 Å². The van der Waals surface area contributed by atoms with Gasteiger partial charge in [-0.25, -0.2) is 0 Å². The first kappa shape index (κ1) is 6.42. The van der Waals surface area contributed by atoms with Crippen LogP contribution in [0.2, 0.25) is 5.15 Å². The summed E-state index contributed by atoms with van der Waals surface area (Å²) >= 11 is 5.63. The molecule has 0 aliphatic heterocycles. The van der Waals surface area contributed by atoms with Crippen LogP contribution in [0.4, 0.5) is 0 Å². The highest BCUT2D eigenvalue weighted by atomic mass is 35.5. The Labute approximate surface area is 57.2 Å². The maximum Gasteiger partial charge on any atom is 0.268 e. The Balaban J connectivity index is 3.47. The second-order valence-corrected chi connectivity index (χ2v) is 2.27. The molecule has 50 valence electrons. The first-order valence-corrected chi connectivity index (χ1v) is 2.92.